The van der Waals surface area contributed by atoms with Crippen molar-refractivity contribution in [2.45, 2.75) is 6.61 Å². The van der Waals surface area contributed by atoms with E-state index < -0.39 is 10.9 Å². The molecule has 27 heavy (non-hydrogen) atoms. The van der Waals surface area contributed by atoms with E-state index in [0.717, 1.165) is 11.5 Å². The van der Waals surface area contributed by atoms with Crippen LogP contribution in [0.5, 0.6) is 5.75 Å². The van der Waals surface area contributed by atoms with E-state index in [0.29, 0.717) is 16.8 Å². The molecule has 0 fully saturated rings. The van der Waals surface area contributed by atoms with Crippen molar-refractivity contribution in [3.8, 4) is 5.75 Å². The van der Waals surface area contributed by atoms with Crippen molar-refractivity contribution in [3.05, 3.63) is 68.9 Å². The van der Waals surface area contributed by atoms with Crippen molar-refractivity contribution >= 4 is 39.8 Å². The van der Waals surface area contributed by atoms with Gasteiger partial charge >= 0.3 is 5.97 Å². The van der Waals surface area contributed by atoms with Gasteiger partial charge in [-0.15, -0.1) is 0 Å². The van der Waals surface area contributed by atoms with Crippen LogP contribution in [0.15, 0.2) is 42.5 Å². The summed E-state index contributed by atoms with van der Waals surface area (Å²) in [4.78, 5) is 26.8. The minimum atomic E-state index is -0.790. The number of pyridine rings is 1. The number of non-ortho nitro benzene ring substituents is 1. The summed E-state index contributed by atoms with van der Waals surface area (Å²) < 4.78 is 10.4. The van der Waals surface area contributed by atoms with Crippen LogP contribution in [-0.4, -0.2) is 23.0 Å². The number of nitrogens with two attached hydrogens (primary N) is 1. The first-order chi connectivity index (χ1) is 12.9. The Morgan fingerprint density at radius 1 is 1.26 bits per heavy atom. The second kappa shape index (κ2) is 7.46. The number of nitrogens with zero attached hydrogens (tertiary/aromatic N) is 2. The number of nitrogen functional groups attached to an aromatic ring is 1. The van der Waals surface area contributed by atoms with Gasteiger partial charge in [-0.3, -0.25) is 10.1 Å². The van der Waals surface area contributed by atoms with Crippen molar-refractivity contribution in [3.63, 3.8) is 0 Å². The standard InChI is InChI=1S/C18H14ClN3O5/c1-26-13-4-2-10-6-11(17(19)21-16(10)8-13)9-27-18(23)14-7-12(22(24)25)3-5-15(14)20/h2-8H,9,20H2,1H3. The van der Waals surface area contributed by atoms with Crippen LogP contribution < -0.4 is 10.5 Å². The zero-order chi connectivity index (χ0) is 19.6. The van der Waals surface area contributed by atoms with Crippen molar-refractivity contribution in [2.75, 3.05) is 12.8 Å². The molecule has 8 nitrogen and oxygen atoms in total. The van der Waals surface area contributed by atoms with Gasteiger partial charge in [-0.05, 0) is 24.3 Å². The summed E-state index contributed by atoms with van der Waals surface area (Å²) in [6.07, 6.45) is 0. The number of anilines is 1. The molecule has 9 heteroatoms. The Morgan fingerprint density at radius 3 is 2.74 bits per heavy atom. The maximum Gasteiger partial charge on any atom is 0.340 e. The molecule has 0 amide bonds. The number of ether oxygens (including phenoxy) is 2. The maximum absolute atomic E-state index is 12.3. The molecule has 0 unspecified atom stereocenters. The van der Waals surface area contributed by atoms with Gasteiger partial charge < -0.3 is 15.2 Å². The van der Waals surface area contributed by atoms with Crippen LogP contribution >= 0.6 is 11.6 Å². The molecule has 0 aliphatic carbocycles. The molecular formula is C18H14ClN3O5. The monoisotopic (exact) mass is 387 g/mol. The number of carbonyl (C=O) groups excluding carboxylic acids is 1. The SMILES string of the molecule is COc1ccc2cc(COC(=O)c3cc([N+](=O)[O-])ccc3N)c(Cl)nc2c1. The molecule has 0 bridgehead atoms. The van der Waals surface area contributed by atoms with Gasteiger partial charge in [-0.25, -0.2) is 9.78 Å². The van der Waals surface area contributed by atoms with Crippen LogP contribution in [0.4, 0.5) is 11.4 Å². The molecule has 0 radical (unpaired) electrons. The Morgan fingerprint density at radius 2 is 2.04 bits per heavy atom. The molecule has 2 aromatic carbocycles. The van der Waals surface area contributed by atoms with E-state index >= 15 is 0 Å². The van der Waals surface area contributed by atoms with E-state index in [4.69, 9.17) is 26.8 Å². The zero-order valence-corrected chi connectivity index (χ0v) is 14.9. The number of hydrogen-bond donors (Lipinski definition) is 1. The Bertz CT molecular complexity index is 1050. The highest BCUT2D eigenvalue weighted by Crippen LogP contribution is 2.26. The second-order valence-electron chi connectivity index (χ2n) is 5.60. The quantitative estimate of drug-likeness (QED) is 0.233. The lowest BCUT2D eigenvalue weighted by atomic mass is 10.1. The molecule has 0 saturated heterocycles. The first kappa shape index (κ1) is 18.4. The van der Waals surface area contributed by atoms with Crippen LogP contribution in [0.25, 0.3) is 10.9 Å². The number of aromatic nitrogens is 1. The predicted octanol–water partition coefficient (Wildman–Crippen LogP) is 3.74. The Balaban J connectivity index is 1.82. The molecule has 0 aliphatic heterocycles. The third-order valence-electron chi connectivity index (χ3n) is 3.88. The fraction of sp³-hybridized carbons (Fsp3) is 0.111. The minimum Gasteiger partial charge on any atom is -0.497 e. The van der Waals surface area contributed by atoms with E-state index in [1.54, 1.807) is 31.4 Å². The Labute approximate surface area is 158 Å². The van der Waals surface area contributed by atoms with Gasteiger partial charge in [0.15, 0.2) is 0 Å². The summed E-state index contributed by atoms with van der Waals surface area (Å²) >= 11 is 6.17. The van der Waals surface area contributed by atoms with E-state index in [9.17, 15) is 14.9 Å². The summed E-state index contributed by atoms with van der Waals surface area (Å²) in [7, 11) is 1.55. The Kier molecular flexibility index (Phi) is 5.09. The lowest BCUT2D eigenvalue weighted by Crippen LogP contribution is -2.09. The van der Waals surface area contributed by atoms with Gasteiger partial charge in [-0.1, -0.05) is 11.6 Å². The van der Waals surface area contributed by atoms with Crippen LogP contribution in [-0.2, 0) is 11.3 Å². The number of rotatable bonds is 5. The highest BCUT2D eigenvalue weighted by atomic mass is 35.5. The van der Waals surface area contributed by atoms with Crippen LogP contribution in [0.2, 0.25) is 5.15 Å². The molecule has 0 saturated carbocycles. The summed E-state index contributed by atoms with van der Waals surface area (Å²) in [5, 5.41) is 11.8. The molecule has 0 atom stereocenters. The maximum atomic E-state index is 12.3. The molecule has 138 valence electrons. The summed E-state index contributed by atoms with van der Waals surface area (Å²) in [5.41, 5.74) is 6.59. The minimum absolute atomic E-state index is 0.0837. The number of carbonyl (C=O) groups is 1. The first-order valence-corrected chi connectivity index (χ1v) is 8.11. The first-order valence-electron chi connectivity index (χ1n) is 7.73. The molecule has 1 heterocycles. The van der Waals surface area contributed by atoms with E-state index in [2.05, 4.69) is 4.98 Å². The van der Waals surface area contributed by atoms with E-state index in [1.165, 1.54) is 12.1 Å². The highest BCUT2D eigenvalue weighted by Gasteiger charge is 2.17. The molecule has 2 N–H and O–H groups in total. The highest BCUT2D eigenvalue weighted by molar-refractivity contribution is 6.30. The van der Waals surface area contributed by atoms with Crippen molar-refractivity contribution in [1.29, 1.82) is 0 Å². The van der Waals surface area contributed by atoms with E-state index in [-0.39, 0.29) is 28.7 Å². The predicted molar refractivity (Wildman–Crippen MR) is 99.9 cm³/mol. The van der Waals surface area contributed by atoms with Crippen molar-refractivity contribution in [2.24, 2.45) is 0 Å². The fourth-order valence-electron chi connectivity index (χ4n) is 2.45. The Hall–Kier alpha value is -3.39. The number of esters is 1. The molecule has 0 spiro atoms. The summed E-state index contributed by atoms with van der Waals surface area (Å²) in [5.74, 6) is -0.145. The number of hydrogen-bond acceptors (Lipinski definition) is 7. The van der Waals surface area contributed by atoms with Crippen molar-refractivity contribution < 1.29 is 19.2 Å². The normalized spacial score (nSPS) is 10.6. The topological polar surface area (TPSA) is 118 Å². The largest absolute Gasteiger partial charge is 0.497 e. The van der Waals surface area contributed by atoms with Crippen LogP contribution in [0.3, 0.4) is 0 Å². The zero-order valence-electron chi connectivity index (χ0n) is 14.1. The average Bonchev–Trinajstić information content (AvgIpc) is 2.65. The smallest absolute Gasteiger partial charge is 0.340 e. The van der Waals surface area contributed by atoms with Crippen LogP contribution in [0.1, 0.15) is 15.9 Å². The number of benzene rings is 2. The van der Waals surface area contributed by atoms with Gasteiger partial charge in [0.2, 0.25) is 0 Å². The van der Waals surface area contributed by atoms with E-state index in [1.807, 2.05) is 0 Å². The summed E-state index contributed by atoms with van der Waals surface area (Å²) in [6.45, 7) is -0.158. The fourth-order valence-corrected chi connectivity index (χ4v) is 2.65. The number of nitro groups is 1. The molecule has 1 aromatic heterocycles. The molecule has 3 rings (SSSR count). The second-order valence-corrected chi connectivity index (χ2v) is 5.96. The van der Waals surface area contributed by atoms with Crippen molar-refractivity contribution in [1.82, 2.24) is 4.98 Å². The average molecular weight is 388 g/mol. The number of methoxy groups -OCH3 is 1. The number of halogens is 1. The lowest BCUT2D eigenvalue weighted by Gasteiger charge is -2.09. The lowest BCUT2D eigenvalue weighted by molar-refractivity contribution is -0.384. The van der Waals surface area contributed by atoms with Gasteiger partial charge in [0, 0.05) is 34.8 Å². The third-order valence-corrected chi connectivity index (χ3v) is 4.20. The number of nitro benzene ring substituents is 1. The van der Waals surface area contributed by atoms with Gasteiger partial charge in [0.1, 0.15) is 17.5 Å². The molecular weight excluding hydrogens is 374 g/mol. The van der Waals surface area contributed by atoms with Gasteiger partial charge in [0.05, 0.1) is 23.1 Å². The van der Waals surface area contributed by atoms with Gasteiger partial charge in [-0.2, -0.15) is 0 Å². The molecule has 3 aromatic rings. The molecule has 0 aliphatic rings. The van der Waals surface area contributed by atoms with Crippen LogP contribution in [0, 0.1) is 10.1 Å². The van der Waals surface area contributed by atoms with Gasteiger partial charge in [0.25, 0.3) is 5.69 Å². The number of fused-ring (bicyclic) bond motifs is 1. The third kappa shape index (κ3) is 3.90. The summed E-state index contributed by atoms with van der Waals surface area (Å²) in [6, 6.07) is 10.6.